The minimum absolute atomic E-state index is 0.00678. The van der Waals surface area contributed by atoms with Gasteiger partial charge in [0, 0.05) is 23.5 Å². The summed E-state index contributed by atoms with van der Waals surface area (Å²) < 4.78 is 0. The van der Waals surface area contributed by atoms with Crippen molar-refractivity contribution >= 4 is 11.4 Å². The van der Waals surface area contributed by atoms with Crippen LogP contribution in [-0.2, 0) is 0 Å². The average molecular weight is 465 g/mol. The van der Waals surface area contributed by atoms with Crippen molar-refractivity contribution in [1.82, 2.24) is 15.3 Å². The Labute approximate surface area is 203 Å². The van der Waals surface area contributed by atoms with Crippen molar-refractivity contribution in [2.45, 2.75) is 89.6 Å². The third-order valence-corrected chi connectivity index (χ3v) is 8.14. The smallest absolute Gasteiger partial charge is 0.131 e. The number of aliphatic hydroxyl groups is 1. The number of hydrogen-bond acceptors (Lipinski definition) is 7. The molecule has 0 aliphatic heterocycles. The molecule has 2 aromatic rings. The second kappa shape index (κ2) is 8.77. The fourth-order valence-corrected chi connectivity index (χ4v) is 7.01. The van der Waals surface area contributed by atoms with Gasteiger partial charge < -0.3 is 15.4 Å². The highest BCUT2D eigenvalue weighted by molar-refractivity contribution is 5.72. The summed E-state index contributed by atoms with van der Waals surface area (Å²) in [6, 6.07) is 6.12. The zero-order chi connectivity index (χ0) is 24.1. The van der Waals surface area contributed by atoms with E-state index in [0.29, 0.717) is 0 Å². The standard InChI is InChI=1S/C27H40N6O/c1-17(22-14-29-16-30-15-22)31-23-10-21(25(34)32-26(2,3)4)5-6-24(23)33(28)27-11-18-7-19(12-27)9-20(8-18)13-27/h5-6,10,14-20,25,31-32,34H,7-9,11-13,28H2,1-4H3. The Morgan fingerprint density at radius 3 is 2.18 bits per heavy atom. The molecular weight excluding hydrogens is 424 g/mol. The molecule has 0 spiro atoms. The quantitative estimate of drug-likeness (QED) is 0.268. The van der Waals surface area contributed by atoms with Crippen LogP contribution in [0.4, 0.5) is 11.4 Å². The second-order valence-electron chi connectivity index (χ2n) is 12.1. The first-order valence-corrected chi connectivity index (χ1v) is 12.8. The summed E-state index contributed by atoms with van der Waals surface area (Å²) in [4.78, 5) is 8.36. The summed E-state index contributed by atoms with van der Waals surface area (Å²) in [5.74, 6) is 9.46. The molecule has 0 amide bonds. The maximum Gasteiger partial charge on any atom is 0.131 e. The molecule has 1 aromatic carbocycles. The van der Waals surface area contributed by atoms with E-state index in [1.54, 1.807) is 6.33 Å². The molecule has 0 radical (unpaired) electrons. The monoisotopic (exact) mass is 464 g/mol. The molecule has 1 aromatic heterocycles. The maximum absolute atomic E-state index is 10.9. The summed E-state index contributed by atoms with van der Waals surface area (Å²) in [6.45, 7) is 8.26. The van der Waals surface area contributed by atoms with Gasteiger partial charge in [0.2, 0.25) is 0 Å². The third kappa shape index (κ3) is 4.66. The maximum atomic E-state index is 10.9. The Morgan fingerprint density at radius 1 is 1.03 bits per heavy atom. The van der Waals surface area contributed by atoms with E-state index >= 15 is 0 Å². The zero-order valence-electron chi connectivity index (χ0n) is 21.0. The van der Waals surface area contributed by atoms with E-state index in [2.05, 4.69) is 59.4 Å². The van der Waals surface area contributed by atoms with Gasteiger partial charge in [-0.15, -0.1) is 0 Å². The first-order valence-electron chi connectivity index (χ1n) is 12.8. The summed E-state index contributed by atoms with van der Waals surface area (Å²) >= 11 is 0. The van der Waals surface area contributed by atoms with Gasteiger partial charge in [-0.1, -0.05) is 6.07 Å². The van der Waals surface area contributed by atoms with Crippen molar-refractivity contribution in [2.24, 2.45) is 23.6 Å². The minimum atomic E-state index is -0.768. The van der Waals surface area contributed by atoms with Crippen LogP contribution in [0.2, 0.25) is 0 Å². The second-order valence-corrected chi connectivity index (χ2v) is 12.1. The van der Waals surface area contributed by atoms with Crippen LogP contribution in [0.3, 0.4) is 0 Å². The van der Waals surface area contributed by atoms with Crippen molar-refractivity contribution in [3.05, 3.63) is 48.0 Å². The summed E-state index contributed by atoms with van der Waals surface area (Å²) in [6.07, 6.45) is 12.2. The fraction of sp³-hybridized carbons (Fsp3) is 0.630. The molecule has 4 bridgehead atoms. The van der Waals surface area contributed by atoms with Gasteiger partial charge in [-0.2, -0.15) is 0 Å². The van der Waals surface area contributed by atoms with Crippen LogP contribution in [0.5, 0.6) is 0 Å². The van der Waals surface area contributed by atoms with Crippen LogP contribution >= 0.6 is 0 Å². The Balaban J connectivity index is 1.48. The highest BCUT2D eigenvalue weighted by atomic mass is 16.3. The number of aliphatic hydroxyl groups excluding tert-OH is 1. The Morgan fingerprint density at radius 2 is 1.62 bits per heavy atom. The average Bonchev–Trinajstić information content (AvgIpc) is 2.77. The Kier molecular flexibility index (Phi) is 6.07. The number of hydrogen-bond donors (Lipinski definition) is 4. The summed E-state index contributed by atoms with van der Waals surface area (Å²) in [7, 11) is 0. The largest absolute Gasteiger partial charge is 0.377 e. The molecule has 4 saturated carbocycles. The van der Waals surface area contributed by atoms with Crippen molar-refractivity contribution in [2.75, 3.05) is 10.3 Å². The molecule has 184 valence electrons. The predicted octanol–water partition coefficient (Wildman–Crippen LogP) is 4.68. The molecule has 4 aliphatic rings. The van der Waals surface area contributed by atoms with Crippen molar-refractivity contribution in [1.29, 1.82) is 0 Å². The van der Waals surface area contributed by atoms with E-state index in [1.807, 2.05) is 24.5 Å². The number of aromatic nitrogens is 2. The van der Waals surface area contributed by atoms with Crippen LogP contribution in [0.15, 0.2) is 36.9 Å². The minimum Gasteiger partial charge on any atom is -0.377 e. The fourth-order valence-electron chi connectivity index (χ4n) is 7.01. The van der Waals surface area contributed by atoms with Crippen LogP contribution < -0.4 is 21.5 Å². The molecule has 2 unspecified atom stereocenters. The van der Waals surface area contributed by atoms with Gasteiger partial charge >= 0.3 is 0 Å². The molecule has 5 N–H and O–H groups in total. The van der Waals surface area contributed by atoms with Crippen LogP contribution in [-0.4, -0.2) is 26.2 Å². The van der Waals surface area contributed by atoms with E-state index in [-0.39, 0.29) is 17.1 Å². The highest BCUT2D eigenvalue weighted by Crippen LogP contribution is 2.58. The molecule has 7 heteroatoms. The molecule has 4 fully saturated rings. The number of nitrogens with one attached hydrogen (secondary N) is 2. The number of nitrogens with zero attached hydrogens (tertiary/aromatic N) is 3. The first kappa shape index (κ1) is 23.5. The van der Waals surface area contributed by atoms with Crippen LogP contribution in [0.25, 0.3) is 0 Å². The Hall–Kier alpha value is -2.22. The lowest BCUT2D eigenvalue weighted by atomic mass is 9.52. The number of benzene rings is 1. The predicted molar refractivity (Wildman–Crippen MR) is 136 cm³/mol. The normalized spacial score (nSPS) is 29.6. The van der Waals surface area contributed by atoms with Gasteiger partial charge in [0.25, 0.3) is 0 Å². The summed E-state index contributed by atoms with van der Waals surface area (Å²) in [5, 5.41) is 19.9. The number of anilines is 2. The van der Waals surface area contributed by atoms with E-state index in [9.17, 15) is 5.11 Å². The lowest BCUT2D eigenvalue weighted by Crippen LogP contribution is -2.62. The van der Waals surface area contributed by atoms with E-state index in [1.165, 1.54) is 38.5 Å². The lowest BCUT2D eigenvalue weighted by Gasteiger charge is -2.60. The number of hydrazine groups is 1. The van der Waals surface area contributed by atoms with E-state index < -0.39 is 6.23 Å². The molecule has 34 heavy (non-hydrogen) atoms. The molecular formula is C27H40N6O. The van der Waals surface area contributed by atoms with Crippen molar-refractivity contribution in [3.8, 4) is 0 Å². The molecule has 6 rings (SSSR count). The molecule has 1 heterocycles. The van der Waals surface area contributed by atoms with Crippen LogP contribution in [0.1, 0.15) is 89.6 Å². The molecule has 7 nitrogen and oxygen atoms in total. The van der Waals surface area contributed by atoms with E-state index in [4.69, 9.17) is 5.84 Å². The first-order chi connectivity index (χ1) is 16.1. The number of nitrogens with two attached hydrogens (primary N) is 1. The van der Waals surface area contributed by atoms with Gasteiger partial charge in [0.05, 0.1) is 23.0 Å². The topological polar surface area (TPSA) is 99.3 Å². The van der Waals surface area contributed by atoms with Gasteiger partial charge in [-0.05, 0) is 102 Å². The van der Waals surface area contributed by atoms with E-state index in [0.717, 1.165) is 40.3 Å². The zero-order valence-corrected chi connectivity index (χ0v) is 21.0. The van der Waals surface area contributed by atoms with Gasteiger partial charge in [0.1, 0.15) is 12.6 Å². The van der Waals surface area contributed by atoms with Gasteiger partial charge in [0.15, 0.2) is 0 Å². The van der Waals surface area contributed by atoms with Crippen LogP contribution in [0, 0.1) is 17.8 Å². The van der Waals surface area contributed by atoms with Crippen molar-refractivity contribution in [3.63, 3.8) is 0 Å². The Bertz CT molecular complexity index is 969. The number of rotatable bonds is 7. The molecule has 2 atom stereocenters. The molecule has 0 saturated heterocycles. The van der Waals surface area contributed by atoms with Gasteiger partial charge in [-0.25, -0.2) is 15.8 Å². The molecule has 4 aliphatic carbocycles. The van der Waals surface area contributed by atoms with Gasteiger partial charge in [-0.3, -0.25) is 5.32 Å². The third-order valence-electron chi connectivity index (χ3n) is 8.14. The van der Waals surface area contributed by atoms with Crippen molar-refractivity contribution < 1.29 is 5.11 Å². The summed E-state index contributed by atoms with van der Waals surface area (Å²) in [5.41, 5.74) is 3.58. The lowest BCUT2D eigenvalue weighted by molar-refractivity contribution is -0.00442. The SMILES string of the molecule is CC(Nc1cc(C(O)NC(C)(C)C)ccc1N(N)C12CC3CC(CC(C3)C1)C2)c1cncnc1. The highest BCUT2D eigenvalue weighted by Gasteiger charge is 2.53.